The van der Waals surface area contributed by atoms with Gasteiger partial charge in [-0.25, -0.2) is 0 Å². The van der Waals surface area contributed by atoms with Crippen molar-refractivity contribution in [2.45, 2.75) is 19.6 Å². The fraction of sp³-hybridized carbons (Fsp3) is 0.278. The molecule has 0 spiro atoms. The van der Waals surface area contributed by atoms with E-state index in [-0.39, 0.29) is 30.2 Å². The third-order valence-corrected chi connectivity index (χ3v) is 3.76. The zero-order valence-corrected chi connectivity index (χ0v) is 15.0. The second-order valence-corrected chi connectivity index (χ2v) is 5.59. The van der Waals surface area contributed by atoms with Crippen molar-refractivity contribution in [3.8, 4) is 11.5 Å². The molecule has 2 rings (SSSR count). The molecule has 1 amide bonds. The maximum Gasteiger partial charge on any atom is 0.416 e. The number of methoxy groups -OCH3 is 1. The van der Waals surface area contributed by atoms with E-state index in [1.54, 1.807) is 6.92 Å². The van der Waals surface area contributed by atoms with Crippen LogP contribution in [0.25, 0.3) is 0 Å². The van der Waals surface area contributed by atoms with Crippen molar-refractivity contribution in [3.05, 3.63) is 63.2 Å². The number of ether oxygens (including phenoxy) is 2. The zero-order chi connectivity index (χ0) is 20.9. The fourth-order valence-corrected chi connectivity index (χ4v) is 2.40. The Labute approximate surface area is 158 Å². The highest BCUT2D eigenvalue weighted by Crippen LogP contribution is 2.35. The highest BCUT2D eigenvalue weighted by atomic mass is 19.4. The topological polar surface area (TPSA) is 90.7 Å². The molecule has 0 aliphatic heterocycles. The first-order valence-corrected chi connectivity index (χ1v) is 8.11. The summed E-state index contributed by atoms with van der Waals surface area (Å²) in [6.07, 6.45) is -4.46. The molecule has 10 heteroatoms. The number of alkyl halides is 3. The van der Waals surface area contributed by atoms with Crippen molar-refractivity contribution in [1.82, 2.24) is 5.32 Å². The third kappa shape index (κ3) is 4.90. The number of halogens is 3. The Morgan fingerprint density at radius 1 is 1.18 bits per heavy atom. The van der Waals surface area contributed by atoms with Crippen molar-refractivity contribution in [1.29, 1.82) is 0 Å². The zero-order valence-electron chi connectivity index (χ0n) is 15.0. The fourth-order valence-electron chi connectivity index (χ4n) is 2.40. The van der Waals surface area contributed by atoms with Gasteiger partial charge in [-0.2, -0.15) is 13.2 Å². The SMILES string of the molecule is CCOc1cc([N+](=O)[O-])c(C(=O)NCc2ccc(C(F)(F)F)cc2)cc1OC. The van der Waals surface area contributed by atoms with Gasteiger partial charge in [0.25, 0.3) is 11.6 Å². The van der Waals surface area contributed by atoms with Crippen LogP contribution >= 0.6 is 0 Å². The molecule has 28 heavy (non-hydrogen) atoms. The second-order valence-electron chi connectivity index (χ2n) is 5.59. The Bertz CT molecular complexity index is 867. The molecule has 7 nitrogen and oxygen atoms in total. The minimum absolute atomic E-state index is 0.107. The molecule has 2 aromatic rings. The van der Waals surface area contributed by atoms with Crippen molar-refractivity contribution < 1.29 is 32.4 Å². The van der Waals surface area contributed by atoms with Crippen LogP contribution in [0.5, 0.6) is 11.5 Å². The highest BCUT2D eigenvalue weighted by Gasteiger charge is 2.30. The number of nitrogens with one attached hydrogen (secondary N) is 1. The lowest BCUT2D eigenvalue weighted by Crippen LogP contribution is -2.24. The Morgan fingerprint density at radius 2 is 1.82 bits per heavy atom. The normalized spacial score (nSPS) is 11.0. The average Bonchev–Trinajstić information content (AvgIpc) is 2.65. The lowest BCUT2D eigenvalue weighted by atomic mass is 10.1. The Kier molecular flexibility index (Phi) is 6.45. The van der Waals surface area contributed by atoms with Crippen LogP contribution in [0.3, 0.4) is 0 Å². The molecule has 2 aromatic carbocycles. The maximum atomic E-state index is 12.6. The van der Waals surface area contributed by atoms with Crippen molar-refractivity contribution in [2.24, 2.45) is 0 Å². The van der Waals surface area contributed by atoms with Crippen LogP contribution in [0.1, 0.15) is 28.4 Å². The number of hydrogen-bond donors (Lipinski definition) is 1. The monoisotopic (exact) mass is 398 g/mol. The van der Waals surface area contributed by atoms with Crippen molar-refractivity contribution >= 4 is 11.6 Å². The molecule has 1 N–H and O–H groups in total. The number of nitrogens with zero attached hydrogens (tertiary/aromatic N) is 1. The molecule has 0 heterocycles. The molecule has 0 aliphatic carbocycles. The second kappa shape index (κ2) is 8.59. The summed E-state index contributed by atoms with van der Waals surface area (Å²) in [5, 5.41) is 13.8. The molecule has 0 saturated carbocycles. The van der Waals surface area contributed by atoms with E-state index in [1.165, 1.54) is 25.3 Å². The summed E-state index contributed by atoms with van der Waals surface area (Å²) < 4.78 is 48.1. The van der Waals surface area contributed by atoms with Crippen LogP contribution in [0.4, 0.5) is 18.9 Å². The lowest BCUT2D eigenvalue weighted by Gasteiger charge is -2.12. The van der Waals surface area contributed by atoms with Crippen LogP contribution in [0.15, 0.2) is 36.4 Å². The minimum Gasteiger partial charge on any atom is -0.493 e. The smallest absolute Gasteiger partial charge is 0.416 e. The van der Waals surface area contributed by atoms with Gasteiger partial charge in [0.05, 0.1) is 30.3 Å². The van der Waals surface area contributed by atoms with E-state index in [0.717, 1.165) is 18.2 Å². The van der Waals surface area contributed by atoms with E-state index < -0.39 is 28.3 Å². The number of carbonyl (C=O) groups excluding carboxylic acids is 1. The predicted octanol–water partition coefficient (Wildman–Crippen LogP) is 3.95. The molecule has 0 atom stereocenters. The van der Waals surface area contributed by atoms with Crippen LogP contribution in [-0.4, -0.2) is 24.5 Å². The van der Waals surface area contributed by atoms with Crippen LogP contribution in [0, 0.1) is 10.1 Å². The summed E-state index contributed by atoms with van der Waals surface area (Å²) in [6.45, 7) is 1.83. The number of nitro groups is 1. The summed E-state index contributed by atoms with van der Waals surface area (Å²) in [5.74, 6) is -0.504. The van der Waals surface area contributed by atoms with Gasteiger partial charge in [0.2, 0.25) is 0 Å². The van der Waals surface area contributed by atoms with Gasteiger partial charge in [-0.15, -0.1) is 0 Å². The van der Waals surface area contributed by atoms with Gasteiger partial charge in [-0.1, -0.05) is 12.1 Å². The summed E-state index contributed by atoms with van der Waals surface area (Å²) in [7, 11) is 1.33. The quantitative estimate of drug-likeness (QED) is 0.563. The van der Waals surface area contributed by atoms with E-state index in [4.69, 9.17) is 9.47 Å². The summed E-state index contributed by atoms with van der Waals surface area (Å²) in [5.41, 5.74) is -1.14. The van der Waals surface area contributed by atoms with Crippen LogP contribution in [0.2, 0.25) is 0 Å². The van der Waals surface area contributed by atoms with Crippen LogP contribution < -0.4 is 14.8 Å². The maximum absolute atomic E-state index is 12.6. The van der Waals surface area contributed by atoms with Crippen molar-refractivity contribution in [3.63, 3.8) is 0 Å². The molecule has 0 unspecified atom stereocenters. The number of benzene rings is 2. The van der Waals surface area contributed by atoms with E-state index in [1.807, 2.05) is 0 Å². The van der Waals surface area contributed by atoms with Crippen LogP contribution in [-0.2, 0) is 12.7 Å². The standard InChI is InChI=1S/C18H17F3N2O5/c1-3-28-16-9-14(23(25)26)13(8-15(16)27-2)17(24)22-10-11-4-6-12(7-5-11)18(19,20)21/h4-9H,3,10H2,1-2H3,(H,22,24). The van der Waals surface area contributed by atoms with Gasteiger partial charge in [0.15, 0.2) is 11.5 Å². The van der Waals surface area contributed by atoms with Gasteiger partial charge in [0.1, 0.15) is 5.56 Å². The molecule has 0 aromatic heterocycles. The molecular formula is C18H17F3N2O5. The third-order valence-electron chi connectivity index (χ3n) is 3.76. The molecule has 0 aliphatic rings. The largest absolute Gasteiger partial charge is 0.493 e. The Balaban J connectivity index is 2.22. The van der Waals surface area contributed by atoms with E-state index in [0.29, 0.717) is 5.56 Å². The van der Waals surface area contributed by atoms with Gasteiger partial charge in [-0.3, -0.25) is 14.9 Å². The highest BCUT2D eigenvalue weighted by molar-refractivity contribution is 5.99. The first-order chi connectivity index (χ1) is 13.2. The van der Waals surface area contributed by atoms with E-state index in [9.17, 15) is 28.1 Å². The number of hydrogen-bond acceptors (Lipinski definition) is 5. The molecule has 0 fully saturated rings. The van der Waals surface area contributed by atoms with E-state index in [2.05, 4.69) is 5.32 Å². The van der Waals surface area contributed by atoms with E-state index >= 15 is 0 Å². The molecule has 0 radical (unpaired) electrons. The Morgan fingerprint density at radius 3 is 2.32 bits per heavy atom. The molecular weight excluding hydrogens is 381 g/mol. The number of nitro benzene ring substituents is 1. The average molecular weight is 398 g/mol. The first-order valence-electron chi connectivity index (χ1n) is 8.11. The number of amides is 1. The van der Waals surface area contributed by atoms with Gasteiger partial charge in [-0.05, 0) is 24.6 Å². The number of carbonyl (C=O) groups is 1. The van der Waals surface area contributed by atoms with Gasteiger partial charge in [0, 0.05) is 12.6 Å². The summed E-state index contributed by atoms with van der Waals surface area (Å²) in [6, 6.07) is 6.50. The summed E-state index contributed by atoms with van der Waals surface area (Å²) >= 11 is 0. The Hall–Kier alpha value is -3.30. The molecule has 150 valence electrons. The summed E-state index contributed by atoms with van der Waals surface area (Å²) in [4.78, 5) is 23.0. The molecule has 0 saturated heterocycles. The van der Waals surface area contributed by atoms with Gasteiger partial charge >= 0.3 is 6.18 Å². The predicted molar refractivity (Wildman–Crippen MR) is 93.4 cm³/mol. The lowest BCUT2D eigenvalue weighted by molar-refractivity contribution is -0.385. The first kappa shape index (κ1) is 21.0. The molecule has 0 bridgehead atoms. The number of rotatable bonds is 7. The van der Waals surface area contributed by atoms with Gasteiger partial charge < -0.3 is 14.8 Å². The minimum atomic E-state index is -4.46. The van der Waals surface area contributed by atoms with Crippen molar-refractivity contribution in [2.75, 3.05) is 13.7 Å².